The first-order valence-corrected chi connectivity index (χ1v) is 5.97. The molecule has 0 bridgehead atoms. The maximum Gasteiger partial charge on any atom is 0.135 e. The third-order valence-electron chi connectivity index (χ3n) is 3.80. The van der Waals surface area contributed by atoms with Crippen molar-refractivity contribution in [2.24, 2.45) is 23.7 Å². The summed E-state index contributed by atoms with van der Waals surface area (Å²) in [5.74, 6) is 2.01. The SMILES string of the molecule is CCC(=O)C(C)C(C)C(C)C(C)COC. The number of hydrogen-bond donors (Lipinski definition) is 0. The second-order valence-corrected chi connectivity index (χ2v) is 4.76. The highest BCUT2D eigenvalue weighted by Gasteiger charge is 2.26. The lowest BCUT2D eigenvalue weighted by molar-refractivity contribution is -0.124. The molecule has 0 radical (unpaired) electrons. The normalized spacial score (nSPS) is 19.3. The van der Waals surface area contributed by atoms with E-state index < -0.39 is 0 Å². The Kier molecular flexibility index (Phi) is 6.82. The lowest BCUT2D eigenvalue weighted by Crippen LogP contribution is -2.28. The van der Waals surface area contributed by atoms with Crippen molar-refractivity contribution < 1.29 is 9.53 Å². The Bertz CT molecular complexity index is 189. The van der Waals surface area contributed by atoms with Gasteiger partial charge in [0, 0.05) is 26.1 Å². The number of Topliss-reactive ketones (excluding diaryl/α,β-unsaturated/α-hetero) is 1. The largest absolute Gasteiger partial charge is 0.384 e. The molecule has 0 saturated carbocycles. The molecular formula is C13H26O2. The van der Waals surface area contributed by atoms with Crippen LogP contribution in [0.15, 0.2) is 0 Å². The van der Waals surface area contributed by atoms with Gasteiger partial charge in [0.15, 0.2) is 0 Å². The summed E-state index contributed by atoms with van der Waals surface area (Å²) in [5, 5.41) is 0. The summed E-state index contributed by atoms with van der Waals surface area (Å²) in [6.45, 7) is 11.3. The average molecular weight is 214 g/mol. The van der Waals surface area contributed by atoms with E-state index in [-0.39, 0.29) is 5.92 Å². The summed E-state index contributed by atoms with van der Waals surface area (Å²) >= 11 is 0. The molecule has 4 atom stereocenters. The molecule has 0 rings (SSSR count). The third kappa shape index (κ3) is 4.33. The van der Waals surface area contributed by atoms with Gasteiger partial charge in [-0.15, -0.1) is 0 Å². The predicted molar refractivity (Wildman–Crippen MR) is 63.8 cm³/mol. The van der Waals surface area contributed by atoms with E-state index in [0.29, 0.717) is 30.0 Å². The second-order valence-electron chi connectivity index (χ2n) is 4.76. The zero-order valence-electron chi connectivity index (χ0n) is 11.0. The van der Waals surface area contributed by atoms with Crippen LogP contribution in [0.3, 0.4) is 0 Å². The van der Waals surface area contributed by atoms with Gasteiger partial charge in [-0.2, -0.15) is 0 Å². The molecule has 0 heterocycles. The van der Waals surface area contributed by atoms with E-state index in [1.165, 1.54) is 0 Å². The molecule has 0 spiro atoms. The van der Waals surface area contributed by atoms with E-state index in [1.807, 2.05) is 13.8 Å². The Balaban J connectivity index is 4.29. The van der Waals surface area contributed by atoms with Gasteiger partial charge in [-0.1, -0.05) is 34.6 Å². The van der Waals surface area contributed by atoms with Gasteiger partial charge in [0.25, 0.3) is 0 Å². The van der Waals surface area contributed by atoms with Gasteiger partial charge in [-0.25, -0.2) is 0 Å². The minimum absolute atomic E-state index is 0.171. The molecule has 0 aromatic heterocycles. The van der Waals surface area contributed by atoms with Crippen LogP contribution >= 0.6 is 0 Å². The lowest BCUT2D eigenvalue weighted by atomic mass is 9.76. The fourth-order valence-electron chi connectivity index (χ4n) is 2.00. The highest BCUT2D eigenvalue weighted by atomic mass is 16.5. The van der Waals surface area contributed by atoms with E-state index >= 15 is 0 Å². The molecule has 0 aromatic carbocycles. The molecule has 0 aliphatic rings. The van der Waals surface area contributed by atoms with Crippen molar-refractivity contribution in [2.45, 2.75) is 41.0 Å². The zero-order valence-corrected chi connectivity index (χ0v) is 11.0. The average Bonchev–Trinajstić information content (AvgIpc) is 2.25. The van der Waals surface area contributed by atoms with Gasteiger partial charge in [0.1, 0.15) is 5.78 Å². The summed E-state index contributed by atoms with van der Waals surface area (Å²) in [7, 11) is 1.73. The first-order valence-electron chi connectivity index (χ1n) is 5.97. The third-order valence-corrected chi connectivity index (χ3v) is 3.80. The number of ketones is 1. The summed E-state index contributed by atoms with van der Waals surface area (Å²) in [5.41, 5.74) is 0. The van der Waals surface area contributed by atoms with Crippen LogP contribution < -0.4 is 0 Å². The van der Waals surface area contributed by atoms with E-state index in [4.69, 9.17) is 4.74 Å². The van der Waals surface area contributed by atoms with Crippen LogP contribution in [0.25, 0.3) is 0 Å². The number of rotatable bonds is 7. The van der Waals surface area contributed by atoms with Crippen molar-refractivity contribution in [1.82, 2.24) is 0 Å². The summed E-state index contributed by atoms with van der Waals surface area (Å²) < 4.78 is 5.16. The molecule has 0 aliphatic carbocycles. The topological polar surface area (TPSA) is 26.3 Å². The van der Waals surface area contributed by atoms with Crippen molar-refractivity contribution in [3.8, 4) is 0 Å². The molecule has 0 N–H and O–H groups in total. The monoisotopic (exact) mass is 214 g/mol. The lowest BCUT2D eigenvalue weighted by Gasteiger charge is -2.29. The fraction of sp³-hybridized carbons (Fsp3) is 0.923. The fourth-order valence-corrected chi connectivity index (χ4v) is 2.00. The van der Waals surface area contributed by atoms with Gasteiger partial charge in [-0.3, -0.25) is 4.79 Å². The molecule has 15 heavy (non-hydrogen) atoms. The molecule has 2 nitrogen and oxygen atoms in total. The van der Waals surface area contributed by atoms with Crippen LogP contribution in [0, 0.1) is 23.7 Å². The van der Waals surface area contributed by atoms with Gasteiger partial charge in [0.2, 0.25) is 0 Å². The van der Waals surface area contributed by atoms with Crippen molar-refractivity contribution in [3.63, 3.8) is 0 Å². The smallest absolute Gasteiger partial charge is 0.135 e. The maximum atomic E-state index is 11.6. The zero-order chi connectivity index (χ0) is 12.0. The molecule has 0 saturated heterocycles. The molecule has 90 valence electrons. The van der Waals surface area contributed by atoms with Gasteiger partial charge in [-0.05, 0) is 17.8 Å². The van der Waals surface area contributed by atoms with E-state index in [0.717, 1.165) is 6.61 Å². The highest BCUT2D eigenvalue weighted by Crippen LogP contribution is 2.28. The summed E-state index contributed by atoms with van der Waals surface area (Å²) in [6, 6.07) is 0. The second kappa shape index (κ2) is 7.00. The number of carbonyl (C=O) groups excluding carboxylic acids is 1. The molecule has 0 fully saturated rings. The van der Waals surface area contributed by atoms with E-state index in [2.05, 4.69) is 20.8 Å². The number of methoxy groups -OCH3 is 1. The van der Waals surface area contributed by atoms with Crippen LogP contribution in [-0.2, 0) is 9.53 Å². The minimum atomic E-state index is 0.171. The van der Waals surface area contributed by atoms with Crippen LogP contribution in [0.2, 0.25) is 0 Å². The van der Waals surface area contributed by atoms with Crippen molar-refractivity contribution in [3.05, 3.63) is 0 Å². The Morgan fingerprint density at radius 2 is 1.67 bits per heavy atom. The van der Waals surface area contributed by atoms with Gasteiger partial charge >= 0.3 is 0 Å². The Labute approximate surface area is 94.4 Å². The summed E-state index contributed by atoms with van der Waals surface area (Å²) in [4.78, 5) is 11.6. The standard InChI is InChI=1S/C13H26O2/c1-7-13(14)12(5)11(4)10(3)9(2)8-15-6/h9-12H,7-8H2,1-6H3. The molecule has 2 heteroatoms. The van der Waals surface area contributed by atoms with E-state index in [9.17, 15) is 4.79 Å². The van der Waals surface area contributed by atoms with E-state index in [1.54, 1.807) is 7.11 Å². The van der Waals surface area contributed by atoms with Crippen molar-refractivity contribution >= 4 is 5.78 Å². The maximum absolute atomic E-state index is 11.6. The summed E-state index contributed by atoms with van der Waals surface area (Å²) in [6.07, 6.45) is 0.650. The Morgan fingerprint density at radius 1 is 1.13 bits per heavy atom. The Hall–Kier alpha value is -0.370. The van der Waals surface area contributed by atoms with Crippen molar-refractivity contribution in [1.29, 1.82) is 0 Å². The number of carbonyl (C=O) groups is 1. The van der Waals surface area contributed by atoms with Crippen LogP contribution in [0.5, 0.6) is 0 Å². The molecule has 0 aromatic rings. The Morgan fingerprint density at radius 3 is 2.07 bits per heavy atom. The number of hydrogen-bond acceptors (Lipinski definition) is 2. The first-order chi connectivity index (χ1) is 6.95. The quantitative estimate of drug-likeness (QED) is 0.650. The van der Waals surface area contributed by atoms with Crippen molar-refractivity contribution in [2.75, 3.05) is 13.7 Å². The highest BCUT2D eigenvalue weighted by molar-refractivity contribution is 5.80. The molecular weight excluding hydrogens is 188 g/mol. The predicted octanol–water partition coefficient (Wildman–Crippen LogP) is 3.16. The molecule has 0 amide bonds. The van der Waals surface area contributed by atoms with Crippen LogP contribution in [0.4, 0.5) is 0 Å². The van der Waals surface area contributed by atoms with Gasteiger partial charge < -0.3 is 4.74 Å². The minimum Gasteiger partial charge on any atom is -0.384 e. The van der Waals surface area contributed by atoms with Crippen LogP contribution in [0.1, 0.15) is 41.0 Å². The molecule has 4 unspecified atom stereocenters. The number of ether oxygens (including phenoxy) is 1. The molecule has 0 aliphatic heterocycles. The van der Waals surface area contributed by atoms with Gasteiger partial charge in [0.05, 0.1) is 0 Å². The first kappa shape index (κ1) is 14.6. The van der Waals surface area contributed by atoms with Crippen LogP contribution in [-0.4, -0.2) is 19.5 Å².